The molecule has 0 saturated carbocycles. The minimum atomic E-state index is -0.633. The van der Waals surface area contributed by atoms with E-state index in [2.05, 4.69) is 15.0 Å². The highest BCUT2D eigenvalue weighted by molar-refractivity contribution is 5.99. The van der Waals surface area contributed by atoms with Crippen molar-refractivity contribution in [3.63, 3.8) is 0 Å². The second kappa shape index (κ2) is 5.25. The molecule has 1 aromatic carbocycles. The Morgan fingerprint density at radius 1 is 1.28 bits per heavy atom. The summed E-state index contributed by atoms with van der Waals surface area (Å²) < 4.78 is 7.22. The Morgan fingerprint density at radius 2 is 2.08 bits per heavy atom. The number of aliphatic hydroxyl groups excluding tert-OH is 1. The van der Waals surface area contributed by atoms with Crippen LogP contribution >= 0.6 is 0 Å². The summed E-state index contributed by atoms with van der Waals surface area (Å²) in [5.74, 6) is 0.947. The van der Waals surface area contributed by atoms with Gasteiger partial charge in [-0.1, -0.05) is 0 Å². The van der Waals surface area contributed by atoms with Gasteiger partial charge in [0.15, 0.2) is 17.1 Å². The highest BCUT2D eigenvalue weighted by Gasteiger charge is 2.27. The molecule has 0 aliphatic carbocycles. The lowest BCUT2D eigenvalue weighted by Crippen LogP contribution is -2.31. The first-order chi connectivity index (χ1) is 11.9. The highest BCUT2D eigenvalue weighted by atomic mass is 16.3. The number of aliphatic hydroxyl groups is 1. The molecule has 0 fully saturated rings. The average molecular weight is 338 g/mol. The van der Waals surface area contributed by atoms with Crippen LogP contribution in [0, 0.1) is 6.92 Å². The van der Waals surface area contributed by atoms with Gasteiger partial charge in [0, 0.05) is 12.5 Å². The molecule has 4 aromatic rings. The van der Waals surface area contributed by atoms with Crippen LogP contribution in [0.1, 0.15) is 19.7 Å². The molecule has 0 unspecified atom stereocenters. The second-order valence-corrected chi connectivity index (χ2v) is 6.60. The van der Waals surface area contributed by atoms with Crippen molar-refractivity contribution in [2.24, 2.45) is 0 Å². The fourth-order valence-electron chi connectivity index (χ4n) is 2.86. The molecule has 8 nitrogen and oxygen atoms in total. The standard InChI is InChI=1S/C17H18N6O2/c1-9-21-11-6-10(4-5-12(11)25-9)14-13-15(18)19-8-20-16(13)23(22-14)17(2,3)7-24/h4-6,8,24H,7H2,1-3H3,(H2,18,19,20). The first-order valence-electron chi connectivity index (χ1n) is 7.89. The first kappa shape index (κ1) is 15.5. The zero-order valence-electron chi connectivity index (χ0n) is 14.2. The maximum Gasteiger partial charge on any atom is 0.192 e. The van der Waals surface area contributed by atoms with E-state index in [1.807, 2.05) is 32.0 Å². The first-order valence-corrected chi connectivity index (χ1v) is 7.89. The van der Waals surface area contributed by atoms with E-state index in [9.17, 15) is 5.11 Å². The van der Waals surface area contributed by atoms with Crippen LogP contribution in [-0.4, -0.2) is 36.4 Å². The van der Waals surface area contributed by atoms with Crippen molar-refractivity contribution < 1.29 is 9.52 Å². The molecule has 0 atom stereocenters. The molecule has 3 heterocycles. The smallest absolute Gasteiger partial charge is 0.192 e. The Morgan fingerprint density at radius 3 is 2.84 bits per heavy atom. The van der Waals surface area contributed by atoms with Crippen LogP contribution in [0.15, 0.2) is 28.9 Å². The number of nitrogens with zero attached hydrogens (tertiary/aromatic N) is 5. The summed E-state index contributed by atoms with van der Waals surface area (Å²) in [5.41, 5.74) is 9.00. The molecule has 0 radical (unpaired) electrons. The minimum Gasteiger partial charge on any atom is -0.441 e. The number of aromatic nitrogens is 5. The molecular formula is C17H18N6O2. The quantitative estimate of drug-likeness (QED) is 0.588. The van der Waals surface area contributed by atoms with Gasteiger partial charge in [0.1, 0.15) is 23.4 Å². The molecule has 4 rings (SSSR count). The molecule has 0 amide bonds. The molecule has 3 aromatic heterocycles. The number of aryl methyl sites for hydroxylation is 1. The van der Waals surface area contributed by atoms with Gasteiger partial charge in [0.2, 0.25) is 0 Å². The Hall–Kier alpha value is -3.00. The summed E-state index contributed by atoms with van der Waals surface area (Å²) in [7, 11) is 0. The molecule has 3 N–H and O–H groups in total. The van der Waals surface area contributed by atoms with Gasteiger partial charge in [0.25, 0.3) is 0 Å². The number of hydrogen-bond donors (Lipinski definition) is 2. The van der Waals surface area contributed by atoms with Crippen LogP contribution in [0.4, 0.5) is 5.82 Å². The molecular weight excluding hydrogens is 320 g/mol. The zero-order chi connectivity index (χ0) is 17.8. The summed E-state index contributed by atoms with van der Waals surface area (Å²) in [6.07, 6.45) is 1.40. The maximum atomic E-state index is 9.74. The fourth-order valence-corrected chi connectivity index (χ4v) is 2.86. The van der Waals surface area contributed by atoms with Gasteiger partial charge in [-0.3, -0.25) is 0 Å². The molecule has 0 spiro atoms. The number of nitrogens with two attached hydrogens (primary N) is 1. The van der Waals surface area contributed by atoms with E-state index < -0.39 is 5.54 Å². The number of nitrogen functional groups attached to an aromatic ring is 1. The maximum absolute atomic E-state index is 9.74. The summed E-state index contributed by atoms with van der Waals surface area (Å²) in [4.78, 5) is 12.8. The summed E-state index contributed by atoms with van der Waals surface area (Å²) in [5, 5.41) is 15.1. The number of rotatable bonds is 3. The third-order valence-electron chi connectivity index (χ3n) is 4.22. The molecule has 128 valence electrons. The lowest BCUT2D eigenvalue weighted by molar-refractivity contribution is 0.156. The molecule has 0 bridgehead atoms. The van der Waals surface area contributed by atoms with Crippen molar-refractivity contribution in [3.05, 3.63) is 30.4 Å². The van der Waals surface area contributed by atoms with Crippen LogP contribution in [0.3, 0.4) is 0 Å². The number of benzene rings is 1. The number of oxazole rings is 1. The van der Waals surface area contributed by atoms with Gasteiger partial charge in [-0.05, 0) is 32.0 Å². The number of hydrogen-bond acceptors (Lipinski definition) is 7. The normalized spacial score (nSPS) is 12.3. The zero-order valence-corrected chi connectivity index (χ0v) is 14.2. The topological polar surface area (TPSA) is 116 Å². The fraction of sp³-hybridized carbons (Fsp3) is 0.294. The summed E-state index contributed by atoms with van der Waals surface area (Å²) in [6.45, 7) is 5.48. The van der Waals surface area contributed by atoms with Crippen LogP contribution in [0.2, 0.25) is 0 Å². The lowest BCUT2D eigenvalue weighted by atomic mass is 10.1. The van der Waals surface area contributed by atoms with Crippen LogP contribution in [0.5, 0.6) is 0 Å². The van der Waals surface area contributed by atoms with E-state index in [0.717, 1.165) is 11.1 Å². The van der Waals surface area contributed by atoms with Crippen LogP contribution in [0.25, 0.3) is 33.4 Å². The third kappa shape index (κ3) is 2.33. The largest absolute Gasteiger partial charge is 0.441 e. The predicted molar refractivity (Wildman–Crippen MR) is 93.9 cm³/mol. The Kier molecular flexibility index (Phi) is 3.26. The average Bonchev–Trinajstić information content (AvgIpc) is 3.15. The Balaban J connectivity index is 2.03. The Bertz CT molecular complexity index is 1100. The van der Waals surface area contributed by atoms with Crippen LogP contribution < -0.4 is 5.73 Å². The van der Waals surface area contributed by atoms with E-state index >= 15 is 0 Å². The number of fused-ring (bicyclic) bond motifs is 2. The molecule has 8 heteroatoms. The van der Waals surface area contributed by atoms with Crippen molar-refractivity contribution in [1.29, 1.82) is 0 Å². The third-order valence-corrected chi connectivity index (χ3v) is 4.22. The van der Waals surface area contributed by atoms with Crippen molar-refractivity contribution in [2.45, 2.75) is 26.3 Å². The van der Waals surface area contributed by atoms with Gasteiger partial charge < -0.3 is 15.3 Å². The minimum absolute atomic E-state index is 0.0886. The van der Waals surface area contributed by atoms with Crippen LogP contribution in [-0.2, 0) is 5.54 Å². The van der Waals surface area contributed by atoms with Gasteiger partial charge in [-0.25, -0.2) is 19.6 Å². The molecule has 0 saturated heterocycles. The molecule has 0 aliphatic heterocycles. The van der Waals surface area contributed by atoms with E-state index in [4.69, 9.17) is 15.2 Å². The van der Waals surface area contributed by atoms with Crippen molar-refractivity contribution in [3.8, 4) is 11.3 Å². The van der Waals surface area contributed by atoms with Crippen molar-refractivity contribution in [1.82, 2.24) is 24.7 Å². The monoisotopic (exact) mass is 338 g/mol. The summed E-state index contributed by atoms with van der Waals surface area (Å²) in [6, 6.07) is 5.65. The van der Waals surface area contributed by atoms with Gasteiger partial charge >= 0.3 is 0 Å². The van der Waals surface area contributed by atoms with Crippen molar-refractivity contribution >= 4 is 28.0 Å². The molecule has 25 heavy (non-hydrogen) atoms. The SMILES string of the molecule is Cc1nc2cc(-c3nn(C(C)(C)CO)c4ncnc(N)c34)ccc2o1. The second-order valence-electron chi connectivity index (χ2n) is 6.60. The van der Waals surface area contributed by atoms with Gasteiger partial charge in [-0.2, -0.15) is 5.10 Å². The van der Waals surface area contributed by atoms with E-state index in [1.165, 1.54) is 6.33 Å². The van der Waals surface area contributed by atoms with Gasteiger partial charge in [0.05, 0.1) is 17.5 Å². The van der Waals surface area contributed by atoms with E-state index in [1.54, 1.807) is 11.6 Å². The highest BCUT2D eigenvalue weighted by Crippen LogP contribution is 2.34. The Labute approximate surface area is 143 Å². The van der Waals surface area contributed by atoms with E-state index in [-0.39, 0.29) is 6.61 Å². The van der Waals surface area contributed by atoms with Crippen molar-refractivity contribution in [2.75, 3.05) is 12.3 Å². The molecule has 0 aliphatic rings. The summed E-state index contributed by atoms with van der Waals surface area (Å²) >= 11 is 0. The van der Waals surface area contributed by atoms with Gasteiger partial charge in [-0.15, -0.1) is 0 Å². The lowest BCUT2D eigenvalue weighted by Gasteiger charge is -2.22. The number of anilines is 1. The predicted octanol–water partition coefficient (Wildman–Crippen LogP) is 2.25. The van der Waals surface area contributed by atoms with E-state index in [0.29, 0.717) is 34.0 Å².